The standard InChI is InChI=1S/C22H42/c1-4-5-6-7-8-9-10-11-12-13-14-15-16-17-18-19-20-21-22(2)3/h8-9,11-12,22H,4-7,10,13-21H2,1-3H3. The Morgan fingerprint density at radius 2 is 1.09 bits per heavy atom. The average Bonchev–Trinajstić information content (AvgIpc) is 2.50. The molecule has 0 radical (unpaired) electrons. The Balaban J connectivity index is 3.14. The second-order valence-electron chi connectivity index (χ2n) is 7.12. The Hall–Kier alpha value is -0.520. The van der Waals surface area contributed by atoms with Crippen LogP contribution in [-0.4, -0.2) is 0 Å². The number of hydrogen-bond donors (Lipinski definition) is 0. The molecule has 0 aliphatic carbocycles. The molecule has 0 nitrogen and oxygen atoms in total. The topological polar surface area (TPSA) is 0 Å². The molecule has 0 saturated heterocycles. The lowest BCUT2D eigenvalue weighted by molar-refractivity contribution is 0.509. The van der Waals surface area contributed by atoms with E-state index in [2.05, 4.69) is 45.1 Å². The van der Waals surface area contributed by atoms with E-state index in [4.69, 9.17) is 0 Å². The molecule has 0 amide bonds. The van der Waals surface area contributed by atoms with Crippen LogP contribution in [0.1, 0.15) is 111 Å². The lowest BCUT2D eigenvalue weighted by Gasteiger charge is -2.04. The van der Waals surface area contributed by atoms with Crippen LogP contribution in [0.15, 0.2) is 24.3 Å². The van der Waals surface area contributed by atoms with Gasteiger partial charge in [-0.05, 0) is 38.0 Å². The summed E-state index contributed by atoms with van der Waals surface area (Å²) in [5.41, 5.74) is 0. The van der Waals surface area contributed by atoms with Crippen LogP contribution in [0.3, 0.4) is 0 Å². The number of rotatable bonds is 16. The predicted octanol–water partition coefficient (Wildman–Crippen LogP) is 8.24. The first kappa shape index (κ1) is 21.5. The molecule has 0 N–H and O–H groups in total. The highest BCUT2D eigenvalue weighted by Crippen LogP contribution is 2.12. The molecular formula is C22H42. The smallest absolute Gasteiger partial charge is 0.0169 e. The van der Waals surface area contributed by atoms with E-state index >= 15 is 0 Å². The van der Waals surface area contributed by atoms with Crippen molar-refractivity contribution in [3.05, 3.63) is 24.3 Å². The van der Waals surface area contributed by atoms with E-state index in [1.54, 1.807) is 0 Å². The van der Waals surface area contributed by atoms with Gasteiger partial charge in [-0.1, -0.05) is 103 Å². The first-order valence-electron chi connectivity index (χ1n) is 10.1. The van der Waals surface area contributed by atoms with Gasteiger partial charge in [-0.2, -0.15) is 0 Å². The molecule has 0 rings (SSSR count). The molecule has 0 aromatic rings. The summed E-state index contributed by atoms with van der Waals surface area (Å²) in [6.07, 6.45) is 28.5. The Morgan fingerprint density at radius 3 is 1.64 bits per heavy atom. The van der Waals surface area contributed by atoms with Crippen molar-refractivity contribution in [1.82, 2.24) is 0 Å². The molecule has 0 heterocycles. The molecule has 0 fully saturated rings. The summed E-state index contributed by atoms with van der Waals surface area (Å²) in [6.45, 7) is 6.92. The molecule has 0 aliphatic heterocycles. The SMILES string of the molecule is CCCCCC=CCC=CCCCCCCCCCC(C)C. The van der Waals surface area contributed by atoms with Crippen LogP contribution < -0.4 is 0 Å². The second-order valence-corrected chi connectivity index (χ2v) is 7.12. The third kappa shape index (κ3) is 19.5. The molecule has 0 aromatic heterocycles. The molecule has 22 heavy (non-hydrogen) atoms. The minimum atomic E-state index is 0.887. The lowest BCUT2D eigenvalue weighted by Crippen LogP contribution is -1.87. The van der Waals surface area contributed by atoms with Crippen molar-refractivity contribution in [1.29, 1.82) is 0 Å². The van der Waals surface area contributed by atoms with Crippen LogP contribution in [0, 0.1) is 5.92 Å². The molecule has 0 bridgehead atoms. The minimum Gasteiger partial charge on any atom is -0.0882 e. The zero-order chi connectivity index (χ0) is 16.3. The molecule has 0 unspecified atom stereocenters. The maximum atomic E-state index is 2.37. The number of unbranched alkanes of at least 4 members (excludes halogenated alkanes) is 10. The fraction of sp³-hybridized carbons (Fsp3) is 0.818. The van der Waals surface area contributed by atoms with E-state index in [-0.39, 0.29) is 0 Å². The van der Waals surface area contributed by atoms with E-state index in [1.807, 2.05) is 0 Å². The Bertz CT molecular complexity index is 247. The van der Waals surface area contributed by atoms with E-state index < -0.39 is 0 Å². The average molecular weight is 307 g/mol. The molecule has 0 heteroatoms. The van der Waals surface area contributed by atoms with Gasteiger partial charge in [0.25, 0.3) is 0 Å². The van der Waals surface area contributed by atoms with Crippen molar-refractivity contribution in [2.24, 2.45) is 5.92 Å². The molecule has 0 spiro atoms. The maximum absolute atomic E-state index is 2.37. The summed E-state index contributed by atoms with van der Waals surface area (Å²) in [5, 5.41) is 0. The third-order valence-electron chi connectivity index (χ3n) is 4.23. The second kappa shape index (κ2) is 18.5. The van der Waals surface area contributed by atoms with Crippen molar-refractivity contribution in [3.8, 4) is 0 Å². The number of hydrogen-bond acceptors (Lipinski definition) is 0. The summed E-state index contributed by atoms with van der Waals surface area (Å²) >= 11 is 0. The quantitative estimate of drug-likeness (QED) is 0.199. The summed E-state index contributed by atoms with van der Waals surface area (Å²) < 4.78 is 0. The molecule has 0 saturated carbocycles. The fourth-order valence-electron chi connectivity index (χ4n) is 2.72. The molecular weight excluding hydrogens is 264 g/mol. The van der Waals surface area contributed by atoms with Gasteiger partial charge in [0.15, 0.2) is 0 Å². The summed E-state index contributed by atoms with van der Waals surface area (Å²) in [4.78, 5) is 0. The van der Waals surface area contributed by atoms with Gasteiger partial charge in [0.2, 0.25) is 0 Å². The highest BCUT2D eigenvalue weighted by atomic mass is 14.0. The van der Waals surface area contributed by atoms with Crippen LogP contribution in [-0.2, 0) is 0 Å². The van der Waals surface area contributed by atoms with Gasteiger partial charge in [0.1, 0.15) is 0 Å². The van der Waals surface area contributed by atoms with Crippen LogP contribution in [0.2, 0.25) is 0 Å². The van der Waals surface area contributed by atoms with Crippen LogP contribution >= 0.6 is 0 Å². The van der Waals surface area contributed by atoms with Crippen molar-refractivity contribution in [2.75, 3.05) is 0 Å². The first-order valence-corrected chi connectivity index (χ1v) is 10.1. The van der Waals surface area contributed by atoms with Gasteiger partial charge >= 0.3 is 0 Å². The van der Waals surface area contributed by atoms with Crippen LogP contribution in [0.25, 0.3) is 0 Å². The van der Waals surface area contributed by atoms with Gasteiger partial charge in [0, 0.05) is 0 Å². The first-order chi connectivity index (χ1) is 10.8. The van der Waals surface area contributed by atoms with Gasteiger partial charge in [0.05, 0.1) is 0 Å². The zero-order valence-electron chi connectivity index (χ0n) is 15.8. The minimum absolute atomic E-state index is 0.887. The molecule has 130 valence electrons. The van der Waals surface area contributed by atoms with Crippen molar-refractivity contribution >= 4 is 0 Å². The van der Waals surface area contributed by atoms with E-state index in [0.29, 0.717) is 0 Å². The molecule has 0 aliphatic rings. The Morgan fingerprint density at radius 1 is 0.591 bits per heavy atom. The highest BCUT2D eigenvalue weighted by Gasteiger charge is 1.94. The highest BCUT2D eigenvalue weighted by molar-refractivity contribution is 4.92. The predicted molar refractivity (Wildman–Crippen MR) is 103 cm³/mol. The van der Waals surface area contributed by atoms with Crippen molar-refractivity contribution in [3.63, 3.8) is 0 Å². The molecule has 0 atom stereocenters. The number of allylic oxidation sites excluding steroid dienone is 4. The summed E-state index contributed by atoms with van der Waals surface area (Å²) in [7, 11) is 0. The summed E-state index contributed by atoms with van der Waals surface area (Å²) in [6, 6.07) is 0. The van der Waals surface area contributed by atoms with E-state index in [9.17, 15) is 0 Å². The third-order valence-corrected chi connectivity index (χ3v) is 4.23. The molecule has 0 aromatic carbocycles. The fourth-order valence-corrected chi connectivity index (χ4v) is 2.72. The van der Waals surface area contributed by atoms with E-state index in [1.165, 1.54) is 83.5 Å². The van der Waals surface area contributed by atoms with Crippen LogP contribution in [0.5, 0.6) is 0 Å². The van der Waals surface area contributed by atoms with Crippen molar-refractivity contribution < 1.29 is 0 Å². The van der Waals surface area contributed by atoms with Crippen molar-refractivity contribution in [2.45, 2.75) is 111 Å². The van der Waals surface area contributed by atoms with Gasteiger partial charge in [-0.3, -0.25) is 0 Å². The van der Waals surface area contributed by atoms with Gasteiger partial charge < -0.3 is 0 Å². The van der Waals surface area contributed by atoms with Gasteiger partial charge in [-0.25, -0.2) is 0 Å². The summed E-state index contributed by atoms with van der Waals surface area (Å²) in [5.74, 6) is 0.887. The largest absolute Gasteiger partial charge is 0.0882 e. The van der Waals surface area contributed by atoms with Crippen LogP contribution in [0.4, 0.5) is 0 Å². The van der Waals surface area contributed by atoms with Gasteiger partial charge in [-0.15, -0.1) is 0 Å². The zero-order valence-corrected chi connectivity index (χ0v) is 15.8. The Kier molecular flexibility index (Phi) is 18.1. The lowest BCUT2D eigenvalue weighted by atomic mass is 10.0. The Labute approximate surface area is 141 Å². The maximum Gasteiger partial charge on any atom is -0.0169 e. The van der Waals surface area contributed by atoms with E-state index in [0.717, 1.165) is 12.3 Å². The normalized spacial score (nSPS) is 12.2. The monoisotopic (exact) mass is 306 g/mol.